The standard InChI is InChI=1S/C11H11F2N3/c12-9-2-1-3-10(11(9)13)16-7-15-6-8(16)4-5-14/h1-3,6-7H,4-5,14H2. The van der Waals surface area contributed by atoms with Crippen LogP contribution in [0.25, 0.3) is 5.69 Å². The van der Waals surface area contributed by atoms with Gasteiger partial charge < -0.3 is 10.3 Å². The molecule has 5 heteroatoms. The summed E-state index contributed by atoms with van der Waals surface area (Å²) in [7, 11) is 0. The zero-order chi connectivity index (χ0) is 11.5. The average molecular weight is 223 g/mol. The van der Waals surface area contributed by atoms with Gasteiger partial charge in [-0.2, -0.15) is 0 Å². The predicted molar refractivity (Wildman–Crippen MR) is 56.2 cm³/mol. The maximum absolute atomic E-state index is 13.5. The maximum atomic E-state index is 13.5. The van der Waals surface area contributed by atoms with E-state index in [0.29, 0.717) is 13.0 Å². The van der Waals surface area contributed by atoms with Crippen LogP contribution in [0.3, 0.4) is 0 Å². The molecule has 0 atom stereocenters. The number of hydrogen-bond donors (Lipinski definition) is 1. The molecule has 0 radical (unpaired) electrons. The average Bonchev–Trinajstić information content (AvgIpc) is 2.71. The molecule has 1 aromatic heterocycles. The lowest BCUT2D eigenvalue weighted by Crippen LogP contribution is -2.08. The van der Waals surface area contributed by atoms with Crippen LogP contribution >= 0.6 is 0 Å². The van der Waals surface area contributed by atoms with E-state index < -0.39 is 11.6 Å². The highest BCUT2D eigenvalue weighted by Gasteiger charge is 2.11. The summed E-state index contributed by atoms with van der Waals surface area (Å²) in [5.74, 6) is -1.75. The fourth-order valence-electron chi connectivity index (χ4n) is 1.55. The Kier molecular flexibility index (Phi) is 2.96. The van der Waals surface area contributed by atoms with E-state index in [1.165, 1.54) is 23.0 Å². The van der Waals surface area contributed by atoms with E-state index in [0.717, 1.165) is 11.8 Å². The quantitative estimate of drug-likeness (QED) is 0.859. The minimum absolute atomic E-state index is 0.154. The lowest BCUT2D eigenvalue weighted by atomic mass is 10.2. The molecular weight excluding hydrogens is 212 g/mol. The lowest BCUT2D eigenvalue weighted by Gasteiger charge is -2.08. The molecule has 2 N–H and O–H groups in total. The summed E-state index contributed by atoms with van der Waals surface area (Å²) in [6, 6.07) is 4.04. The van der Waals surface area contributed by atoms with Crippen LogP contribution in [-0.2, 0) is 6.42 Å². The topological polar surface area (TPSA) is 43.8 Å². The summed E-state index contributed by atoms with van der Waals surface area (Å²) in [5, 5.41) is 0. The normalized spacial score (nSPS) is 10.7. The second kappa shape index (κ2) is 4.40. The molecule has 3 nitrogen and oxygen atoms in total. The Morgan fingerprint density at radius 3 is 2.88 bits per heavy atom. The molecule has 1 heterocycles. The van der Waals surface area contributed by atoms with Crippen molar-refractivity contribution >= 4 is 0 Å². The van der Waals surface area contributed by atoms with Crippen molar-refractivity contribution in [1.82, 2.24) is 9.55 Å². The Bertz CT molecular complexity index is 494. The molecule has 0 saturated heterocycles. The highest BCUT2D eigenvalue weighted by molar-refractivity contribution is 5.36. The van der Waals surface area contributed by atoms with E-state index in [1.807, 2.05) is 0 Å². The van der Waals surface area contributed by atoms with Crippen molar-refractivity contribution in [3.8, 4) is 5.69 Å². The van der Waals surface area contributed by atoms with Crippen molar-refractivity contribution in [3.05, 3.63) is 48.1 Å². The number of halogens is 2. The second-order valence-electron chi connectivity index (χ2n) is 3.37. The molecule has 0 bridgehead atoms. The molecule has 84 valence electrons. The van der Waals surface area contributed by atoms with E-state index in [2.05, 4.69) is 4.98 Å². The molecule has 0 amide bonds. The van der Waals surface area contributed by atoms with Crippen LogP contribution in [0.1, 0.15) is 5.69 Å². The van der Waals surface area contributed by atoms with Crippen LogP contribution in [0.2, 0.25) is 0 Å². The van der Waals surface area contributed by atoms with Gasteiger partial charge in [0.15, 0.2) is 11.6 Å². The third kappa shape index (κ3) is 1.81. The molecule has 2 rings (SSSR count). The van der Waals surface area contributed by atoms with E-state index in [9.17, 15) is 8.78 Å². The number of rotatable bonds is 3. The van der Waals surface area contributed by atoms with Crippen LogP contribution < -0.4 is 5.73 Å². The molecular formula is C11H11F2N3. The lowest BCUT2D eigenvalue weighted by molar-refractivity contribution is 0.503. The second-order valence-corrected chi connectivity index (χ2v) is 3.37. The van der Waals surface area contributed by atoms with E-state index >= 15 is 0 Å². The van der Waals surface area contributed by atoms with Gasteiger partial charge in [-0.1, -0.05) is 6.07 Å². The van der Waals surface area contributed by atoms with Crippen molar-refractivity contribution in [2.75, 3.05) is 6.54 Å². The summed E-state index contributed by atoms with van der Waals surface area (Å²) in [4.78, 5) is 3.91. The molecule has 0 spiro atoms. The monoisotopic (exact) mass is 223 g/mol. The van der Waals surface area contributed by atoms with Crippen molar-refractivity contribution in [2.24, 2.45) is 5.73 Å². The minimum Gasteiger partial charge on any atom is -0.330 e. The van der Waals surface area contributed by atoms with Gasteiger partial charge in [-0.3, -0.25) is 0 Å². The SMILES string of the molecule is NCCc1cncn1-c1cccc(F)c1F. The summed E-state index contributed by atoms with van der Waals surface area (Å²) < 4.78 is 28.1. The van der Waals surface area contributed by atoms with Crippen molar-refractivity contribution in [1.29, 1.82) is 0 Å². The van der Waals surface area contributed by atoms with Crippen LogP contribution in [0.15, 0.2) is 30.7 Å². The molecule has 0 aliphatic carbocycles. The highest BCUT2D eigenvalue weighted by atomic mass is 19.2. The van der Waals surface area contributed by atoms with Crippen molar-refractivity contribution < 1.29 is 8.78 Å². The van der Waals surface area contributed by atoms with Crippen molar-refractivity contribution in [2.45, 2.75) is 6.42 Å². The zero-order valence-electron chi connectivity index (χ0n) is 8.53. The number of nitrogens with zero attached hydrogens (tertiary/aromatic N) is 2. The minimum atomic E-state index is -0.876. The smallest absolute Gasteiger partial charge is 0.182 e. The molecule has 0 unspecified atom stereocenters. The van der Waals surface area contributed by atoms with E-state index in [4.69, 9.17) is 5.73 Å². The Labute approximate surface area is 91.5 Å². The Morgan fingerprint density at radius 2 is 2.12 bits per heavy atom. The van der Waals surface area contributed by atoms with Gasteiger partial charge in [-0.05, 0) is 18.7 Å². The summed E-state index contributed by atoms with van der Waals surface area (Å²) in [6.07, 6.45) is 3.61. The van der Waals surface area contributed by atoms with Gasteiger partial charge in [0.05, 0.1) is 12.0 Å². The Morgan fingerprint density at radius 1 is 1.31 bits per heavy atom. The first-order chi connectivity index (χ1) is 7.74. The fourth-order valence-corrected chi connectivity index (χ4v) is 1.55. The van der Waals surface area contributed by atoms with Gasteiger partial charge in [-0.25, -0.2) is 13.8 Å². The first-order valence-corrected chi connectivity index (χ1v) is 4.89. The largest absolute Gasteiger partial charge is 0.330 e. The third-order valence-corrected chi connectivity index (χ3v) is 2.31. The van der Waals surface area contributed by atoms with Crippen LogP contribution in [0.4, 0.5) is 8.78 Å². The number of aromatic nitrogens is 2. The first kappa shape index (κ1) is 10.8. The summed E-state index contributed by atoms with van der Waals surface area (Å²) >= 11 is 0. The first-order valence-electron chi connectivity index (χ1n) is 4.89. The predicted octanol–water partition coefficient (Wildman–Crippen LogP) is 1.65. The van der Waals surface area contributed by atoms with Crippen LogP contribution in [0, 0.1) is 11.6 Å². The summed E-state index contributed by atoms with van der Waals surface area (Å²) in [5.41, 5.74) is 6.34. The molecule has 0 aliphatic heterocycles. The van der Waals surface area contributed by atoms with E-state index in [1.54, 1.807) is 6.20 Å². The number of hydrogen-bond acceptors (Lipinski definition) is 2. The number of nitrogens with two attached hydrogens (primary N) is 1. The Balaban J connectivity index is 2.50. The highest BCUT2D eigenvalue weighted by Crippen LogP contribution is 2.17. The molecule has 2 aromatic rings. The molecule has 0 aliphatic rings. The van der Waals surface area contributed by atoms with Gasteiger partial charge in [-0.15, -0.1) is 0 Å². The van der Waals surface area contributed by atoms with Gasteiger partial charge in [0.2, 0.25) is 0 Å². The Hall–Kier alpha value is -1.75. The van der Waals surface area contributed by atoms with Gasteiger partial charge in [0.25, 0.3) is 0 Å². The molecule has 16 heavy (non-hydrogen) atoms. The van der Waals surface area contributed by atoms with E-state index in [-0.39, 0.29) is 5.69 Å². The maximum Gasteiger partial charge on any atom is 0.182 e. The number of benzene rings is 1. The molecule has 1 aromatic carbocycles. The van der Waals surface area contributed by atoms with Crippen LogP contribution in [-0.4, -0.2) is 16.1 Å². The van der Waals surface area contributed by atoms with Crippen LogP contribution in [0.5, 0.6) is 0 Å². The molecule has 0 saturated carbocycles. The summed E-state index contributed by atoms with van der Waals surface area (Å²) in [6.45, 7) is 0.433. The van der Waals surface area contributed by atoms with Gasteiger partial charge >= 0.3 is 0 Å². The molecule has 0 fully saturated rings. The zero-order valence-corrected chi connectivity index (χ0v) is 8.53. The third-order valence-electron chi connectivity index (χ3n) is 2.31. The fraction of sp³-hybridized carbons (Fsp3) is 0.182. The number of imidazole rings is 1. The van der Waals surface area contributed by atoms with Gasteiger partial charge in [0, 0.05) is 18.3 Å². The van der Waals surface area contributed by atoms with Crippen molar-refractivity contribution in [3.63, 3.8) is 0 Å². The van der Waals surface area contributed by atoms with Gasteiger partial charge in [0.1, 0.15) is 0 Å².